The fraction of sp³-hybridized carbons (Fsp3) is 0.105. The van der Waals surface area contributed by atoms with Gasteiger partial charge in [-0.3, -0.25) is 9.97 Å². The summed E-state index contributed by atoms with van der Waals surface area (Å²) < 4.78 is 0. The smallest absolute Gasteiger partial charge is 0.305 e. The van der Waals surface area contributed by atoms with Gasteiger partial charge in [0.15, 0.2) is 0 Å². The van der Waals surface area contributed by atoms with Crippen LogP contribution in [0, 0.1) is 36.4 Å². The van der Waals surface area contributed by atoms with Gasteiger partial charge in [-0.05, 0) is 158 Å². The number of hydrogen-bond acceptors (Lipinski definition) is 6. The predicted octanol–water partition coefficient (Wildman–Crippen LogP) is 26.1. The quantitative estimate of drug-likeness (QED) is 0.0305. The van der Waals surface area contributed by atoms with E-state index in [0.29, 0.717) is 0 Å². The molecule has 0 amide bonds. The molecule has 5 aromatic heterocycles. The van der Waals surface area contributed by atoms with Crippen molar-refractivity contribution in [3.8, 4) is 89.5 Å². The molecular weight excluding hydrogens is 1840 g/mol. The molecule has 0 N–H and O–H groups in total. The Bertz CT molecular complexity index is 6340. The number of nitrogens with zero attached hydrogens (tertiary/aromatic N) is 6. The van der Waals surface area contributed by atoms with Crippen molar-refractivity contribution in [1.82, 2.24) is 29.9 Å². The Morgan fingerprint density at radius 1 is 0.205 bits per heavy atom. The fourth-order valence-corrected chi connectivity index (χ4v) is 17.8. The summed E-state index contributed by atoms with van der Waals surface area (Å²) in [7, 11) is 0. The van der Waals surface area contributed by atoms with E-state index < -0.39 is 0 Å². The molecule has 20 rings (SSSR count). The first-order valence-electron chi connectivity index (χ1n) is 41.8. The first-order valence-corrected chi connectivity index (χ1v) is 41.8. The number of benzene rings is 15. The van der Waals surface area contributed by atoms with Gasteiger partial charge in [0.2, 0.25) is 0 Å². The molecule has 0 unspecified atom stereocenters. The van der Waals surface area contributed by atoms with Gasteiger partial charge < -0.3 is 19.9 Å². The second-order valence-corrected chi connectivity index (χ2v) is 31.5. The standard InChI is InChI=1S/C114H82N6.2Ir/c1-5-22-85(23-6-1)101-72-93(107-32-13-17-60-115-107)54-50-89(101)46-40-81-64-79(65-82(68-81)41-47-90-51-55-94(108-33-14-18-61-116-108)73-102(90)86-24-7-2-8-25-86)38-36-77-44-58-99-105(70-77)97-30-21-31-98-106-71-78(45-59-100(106)114-112(111(97)98)113(99)119-76-120-114)37-39-80-66-83(42-48-91-52-56-95(109-34-15-19-62-117-109)74-103(91)87-26-9-3-10-27-87)69-84(67-80)43-49-92-53-57-96(110-35-16-20-63-118-110)75-104(92)88-28-11-4-12-29-88;;/h1-35,44-45,50-53,60-76H,36-43,46-49H2;;/q-6;2*+3. The molecule has 0 saturated carbocycles. The molecule has 0 fully saturated rings. The summed E-state index contributed by atoms with van der Waals surface area (Å²) in [6.45, 7) is 0. The van der Waals surface area contributed by atoms with Gasteiger partial charge in [0.1, 0.15) is 0 Å². The topological polar surface area (TPSA) is 77.3 Å². The zero-order valence-corrected chi connectivity index (χ0v) is 72.1. The molecule has 586 valence electrons. The average molecular weight is 1920 g/mol. The van der Waals surface area contributed by atoms with Gasteiger partial charge in [0.25, 0.3) is 0 Å². The van der Waals surface area contributed by atoms with Crippen LogP contribution in [-0.4, -0.2) is 29.9 Å². The van der Waals surface area contributed by atoms with E-state index in [-0.39, 0.29) is 40.2 Å². The molecule has 15 aromatic carbocycles. The molecule has 0 aliphatic carbocycles. The summed E-state index contributed by atoms with van der Waals surface area (Å²) in [5.74, 6) is 0. The van der Waals surface area contributed by atoms with Gasteiger partial charge in [0.05, 0.1) is 6.33 Å². The number of rotatable bonds is 26. The number of fused-ring (bicyclic) bond motifs is 6. The maximum Gasteiger partial charge on any atom is 3.00 e. The molecule has 0 atom stereocenters. The number of aryl methyl sites for hydroxylation is 12. The summed E-state index contributed by atoms with van der Waals surface area (Å²) in [5, 5.41) is 8.95. The van der Waals surface area contributed by atoms with Crippen LogP contribution < -0.4 is 0 Å². The van der Waals surface area contributed by atoms with E-state index in [1.165, 1.54) is 127 Å². The van der Waals surface area contributed by atoms with Gasteiger partial charge in [-0.25, -0.2) is 0 Å². The van der Waals surface area contributed by atoms with Crippen LogP contribution in [0.5, 0.6) is 0 Å². The molecule has 20 aromatic rings. The largest absolute Gasteiger partial charge is 3.00 e. The number of pyridine rings is 4. The zero-order valence-electron chi connectivity index (χ0n) is 67.3. The van der Waals surface area contributed by atoms with Crippen molar-refractivity contribution in [3.05, 3.63) is 456 Å². The van der Waals surface area contributed by atoms with Crippen LogP contribution in [0.25, 0.3) is 144 Å². The van der Waals surface area contributed by atoms with Gasteiger partial charge in [-0.1, -0.05) is 312 Å². The predicted molar refractivity (Wildman–Crippen MR) is 492 cm³/mol. The van der Waals surface area contributed by atoms with Crippen LogP contribution >= 0.6 is 0 Å². The van der Waals surface area contributed by atoms with E-state index >= 15 is 0 Å². The van der Waals surface area contributed by atoms with Gasteiger partial charge >= 0.3 is 40.2 Å². The molecule has 0 radical (unpaired) electrons. The summed E-state index contributed by atoms with van der Waals surface area (Å²) in [4.78, 5) is 29.1. The van der Waals surface area contributed by atoms with E-state index in [4.69, 9.17) is 29.9 Å². The summed E-state index contributed by atoms with van der Waals surface area (Å²) in [6, 6.07) is 138. The minimum absolute atomic E-state index is 0. The van der Waals surface area contributed by atoms with Crippen molar-refractivity contribution >= 4 is 54.1 Å². The molecule has 0 spiro atoms. The molecule has 8 heteroatoms. The number of aromatic nitrogens is 6. The van der Waals surface area contributed by atoms with Crippen LogP contribution in [0.1, 0.15) is 66.8 Å². The van der Waals surface area contributed by atoms with Crippen molar-refractivity contribution in [1.29, 1.82) is 0 Å². The molecule has 6 nitrogen and oxygen atoms in total. The Morgan fingerprint density at radius 3 is 0.754 bits per heavy atom. The Morgan fingerprint density at radius 2 is 0.475 bits per heavy atom. The van der Waals surface area contributed by atoms with Crippen molar-refractivity contribution in [2.24, 2.45) is 0 Å². The van der Waals surface area contributed by atoms with Crippen LogP contribution in [0.4, 0.5) is 0 Å². The Hall–Kier alpha value is -13.2. The normalized spacial score (nSPS) is 11.4. The van der Waals surface area contributed by atoms with E-state index in [0.717, 1.165) is 160 Å². The van der Waals surface area contributed by atoms with Crippen LogP contribution in [0.2, 0.25) is 0 Å². The van der Waals surface area contributed by atoms with Crippen LogP contribution in [0.15, 0.2) is 353 Å². The number of hydrogen-bond donors (Lipinski definition) is 0. The SMILES string of the molecule is [Ir+3].[Ir+3].[c-]1cc(CCc2cc(CCc3c[c-]c4c(c3)c3cccc5c6cc(CCc7cc(CCc8c[c-]c(-c9ccccn9)cc8-c8ccccc8)cc(CCc8c[c-]c(-c9ccccn9)cc8-c8ccccc8)c7)c[c-]c6c6ncnc4c6c35)cc(CCc3c[c-]c(-c4ccccn4)cc3-c3ccccc3)c2)c(-c2ccccc2)cc1-c1ccccn1. The fourth-order valence-electron chi connectivity index (χ4n) is 17.8. The van der Waals surface area contributed by atoms with Gasteiger partial charge in [0, 0.05) is 24.8 Å². The summed E-state index contributed by atoms with van der Waals surface area (Å²) in [5.41, 5.74) is 34.5. The molecule has 122 heavy (non-hydrogen) atoms. The average Bonchev–Trinajstić information content (AvgIpc) is 0.701. The van der Waals surface area contributed by atoms with Crippen molar-refractivity contribution in [3.63, 3.8) is 0 Å². The maximum absolute atomic E-state index is 5.12. The van der Waals surface area contributed by atoms with Crippen LogP contribution in [0.3, 0.4) is 0 Å². The molecular formula is C114H82Ir2N6. The zero-order chi connectivity index (χ0) is 79.9. The Kier molecular flexibility index (Phi) is 24.1. The van der Waals surface area contributed by atoms with Crippen LogP contribution in [-0.2, 0) is 117 Å². The second kappa shape index (κ2) is 36.8. The van der Waals surface area contributed by atoms with Crippen molar-refractivity contribution in [2.45, 2.75) is 77.0 Å². The van der Waals surface area contributed by atoms with Gasteiger partial charge in [-0.2, -0.15) is 0 Å². The molecule has 5 heterocycles. The monoisotopic (exact) mass is 1920 g/mol. The van der Waals surface area contributed by atoms with E-state index in [1.54, 1.807) is 6.33 Å². The third-order valence-electron chi connectivity index (χ3n) is 23.8. The molecule has 0 bridgehead atoms. The molecule has 0 aliphatic heterocycles. The van der Waals surface area contributed by atoms with Gasteiger partial charge in [-0.15, -0.1) is 176 Å². The Balaban J connectivity index is 0.00000508. The third-order valence-corrected chi connectivity index (χ3v) is 23.8. The third kappa shape index (κ3) is 17.3. The summed E-state index contributed by atoms with van der Waals surface area (Å²) >= 11 is 0. The van der Waals surface area contributed by atoms with E-state index in [2.05, 4.69) is 309 Å². The Labute approximate surface area is 740 Å². The maximum atomic E-state index is 5.12. The first-order chi connectivity index (χ1) is 59.4. The van der Waals surface area contributed by atoms with Crippen molar-refractivity contribution in [2.75, 3.05) is 0 Å². The second-order valence-electron chi connectivity index (χ2n) is 31.5. The molecule has 0 aliphatic rings. The molecule has 0 saturated heterocycles. The van der Waals surface area contributed by atoms with Crippen molar-refractivity contribution < 1.29 is 40.2 Å². The van der Waals surface area contributed by atoms with E-state index in [9.17, 15) is 0 Å². The minimum Gasteiger partial charge on any atom is -0.305 e. The van der Waals surface area contributed by atoms with E-state index in [1.807, 2.05) is 73.3 Å². The summed E-state index contributed by atoms with van der Waals surface area (Å²) in [6.07, 6.45) is 19.4. The minimum atomic E-state index is 0. The first kappa shape index (κ1) is 79.9.